The van der Waals surface area contributed by atoms with Gasteiger partial charge in [-0.3, -0.25) is 4.79 Å². The number of ether oxygens (including phenoxy) is 2. The minimum atomic E-state index is -0.989. The van der Waals surface area contributed by atoms with Crippen LogP contribution in [0.5, 0.6) is 0 Å². The first-order valence-electron chi connectivity index (χ1n) is 14.2. The first kappa shape index (κ1) is 37.4. The van der Waals surface area contributed by atoms with Crippen LogP contribution >= 0.6 is 36.4 Å². The lowest BCUT2D eigenvalue weighted by molar-refractivity contribution is -0.152. The third kappa shape index (κ3) is 8.25. The van der Waals surface area contributed by atoms with E-state index in [-0.39, 0.29) is 60.0 Å². The Balaban J connectivity index is 0.00000312. The highest BCUT2D eigenvalue weighted by molar-refractivity contribution is 6.36. The van der Waals surface area contributed by atoms with E-state index < -0.39 is 30.3 Å². The van der Waals surface area contributed by atoms with Gasteiger partial charge >= 0.3 is 12.1 Å². The normalized spacial score (nSPS) is 15.9. The molecule has 0 unspecified atom stereocenters. The lowest BCUT2D eigenvalue weighted by Gasteiger charge is -2.40. The predicted octanol–water partition coefficient (Wildman–Crippen LogP) is 2.68. The number of benzene rings is 1. The van der Waals surface area contributed by atoms with Gasteiger partial charge in [0.25, 0.3) is 0 Å². The van der Waals surface area contributed by atoms with Gasteiger partial charge in [-0.05, 0) is 25.5 Å². The molecule has 0 saturated carbocycles. The Bertz CT molecular complexity index is 1820. The number of piperidine rings is 1. The van der Waals surface area contributed by atoms with Gasteiger partial charge in [0.05, 0.1) is 60.3 Å². The molecule has 1 saturated heterocycles. The largest absolute Gasteiger partial charge is 0.457 e. The SMILES string of the molecule is CCNc1nc(Nc2cc(C#N)cc(N3CC[C@@H](NC(=O)OC)[C@H](OC(=O)[C@@H](N)Cc4cnc[nH]4)C3)c2Cl)nn2c(C#N)cnc12.Cl.Cl. The van der Waals surface area contributed by atoms with Crippen molar-refractivity contribution >= 4 is 77.3 Å². The number of esters is 1. The van der Waals surface area contributed by atoms with Crippen molar-refractivity contribution in [2.45, 2.75) is 38.0 Å². The van der Waals surface area contributed by atoms with E-state index in [1.807, 2.05) is 17.9 Å². The number of carbonyl (C=O) groups excluding carboxylic acids is 2. The summed E-state index contributed by atoms with van der Waals surface area (Å²) >= 11 is 6.92. The van der Waals surface area contributed by atoms with E-state index in [9.17, 15) is 20.1 Å². The molecule has 4 aromatic rings. The topological polar surface area (TPSA) is 237 Å². The van der Waals surface area contributed by atoms with Gasteiger partial charge in [0.2, 0.25) is 5.95 Å². The smallest absolute Gasteiger partial charge is 0.407 e. The average molecular weight is 721 g/mol. The van der Waals surface area contributed by atoms with Crippen molar-refractivity contribution in [3.63, 3.8) is 0 Å². The summed E-state index contributed by atoms with van der Waals surface area (Å²) in [4.78, 5) is 42.5. The average Bonchev–Trinajstić information content (AvgIpc) is 3.72. The van der Waals surface area contributed by atoms with Gasteiger partial charge in [-0.25, -0.2) is 14.8 Å². The van der Waals surface area contributed by atoms with Crippen molar-refractivity contribution < 1.29 is 19.1 Å². The summed E-state index contributed by atoms with van der Waals surface area (Å²) in [6.45, 7) is 2.92. The molecule has 6 N–H and O–H groups in total. The molecular weight excluding hydrogens is 689 g/mol. The molecule has 48 heavy (non-hydrogen) atoms. The Morgan fingerprint density at radius 3 is 2.71 bits per heavy atom. The molecule has 17 nitrogen and oxygen atoms in total. The standard InChI is InChI=1S/C28H30ClN13O4.2ClH/c1-3-34-24-25-35-12-17(10-31)42(25)40-27(39-24)37-20-6-15(9-30)7-21(23(20)29)41-5-4-19(38-28(44)45-2)22(13-41)46-26(43)18(32)8-16-11-33-14-36-16;;/h6-7,11-12,14,18-19,22H,3-5,8,13,32H2,1-2H3,(H,33,36)(H,38,44)(H2,34,37,39,40);2*1H/t18-,19+,22+;;/m0../s1. The highest BCUT2D eigenvalue weighted by Gasteiger charge is 2.36. The number of nitrogens with zero attached hydrogens (tertiary/aromatic N) is 8. The molecule has 1 aliphatic rings. The Hall–Kier alpha value is -5.07. The van der Waals surface area contributed by atoms with Crippen LogP contribution in [0, 0.1) is 22.7 Å². The summed E-state index contributed by atoms with van der Waals surface area (Å²) in [6, 6.07) is 5.76. The van der Waals surface area contributed by atoms with Crippen molar-refractivity contribution in [2.75, 3.05) is 42.3 Å². The fourth-order valence-corrected chi connectivity index (χ4v) is 5.27. The van der Waals surface area contributed by atoms with Crippen LogP contribution in [0.4, 0.5) is 27.9 Å². The molecule has 254 valence electrons. The molecule has 0 spiro atoms. The van der Waals surface area contributed by atoms with Gasteiger partial charge in [0.1, 0.15) is 18.2 Å². The number of aromatic amines is 1. The Labute approximate surface area is 292 Å². The first-order valence-corrected chi connectivity index (χ1v) is 14.6. The van der Waals surface area contributed by atoms with E-state index in [1.165, 1.54) is 24.1 Å². The summed E-state index contributed by atoms with van der Waals surface area (Å²) < 4.78 is 12.0. The van der Waals surface area contributed by atoms with Crippen LogP contribution in [0.1, 0.15) is 30.3 Å². The maximum atomic E-state index is 13.0. The number of nitrogens with two attached hydrogens (primary N) is 1. The molecule has 1 fully saturated rings. The quantitative estimate of drug-likeness (QED) is 0.148. The van der Waals surface area contributed by atoms with Crippen LogP contribution in [-0.2, 0) is 20.7 Å². The van der Waals surface area contributed by atoms with E-state index in [0.717, 1.165) is 0 Å². The second-order valence-electron chi connectivity index (χ2n) is 10.2. The van der Waals surface area contributed by atoms with Crippen molar-refractivity contribution in [1.82, 2.24) is 34.9 Å². The van der Waals surface area contributed by atoms with Crippen LogP contribution in [0.3, 0.4) is 0 Å². The van der Waals surface area contributed by atoms with Gasteiger partial charge in [-0.2, -0.15) is 20.0 Å². The number of anilines is 4. The number of amides is 1. The van der Waals surface area contributed by atoms with Gasteiger partial charge in [0, 0.05) is 31.4 Å². The first-order chi connectivity index (χ1) is 22.2. The van der Waals surface area contributed by atoms with Gasteiger partial charge in [-0.15, -0.1) is 29.9 Å². The Morgan fingerprint density at radius 2 is 2.04 bits per heavy atom. The summed E-state index contributed by atoms with van der Waals surface area (Å²) in [5, 5.41) is 32.9. The molecule has 0 aliphatic carbocycles. The van der Waals surface area contributed by atoms with Crippen LogP contribution in [0.25, 0.3) is 5.65 Å². The monoisotopic (exact) mass is 719 g/mol. The molecule has 0 radical (unpaired) electrons. The second kappa shape index (κ2) is 16.7. The summed E-state index contributed by atoms with van der Waals surface area (Å²) in [5.41, 5.74) is 8.42. The van der Waals surface area contributed by atoms with E-state index in [1.54, 1.807) is 18.3 Å². The maximum absolute atomic E-state index is 13.0. The number of methoxy groups -OCH3 is 1. The maximum Gasteiger partial charge on any atom is 0.407 e. The molecular formula is C28H32Cl3N13O4. The van der Waals surface area contributed by atoms with Crippen molar-refractivity contribution in [1.29, 1.82) is 10.5 Å². The van der Waals surface area contributed by atoms with Crippen LogP contribution in [0.15, 0.2) is 30.9 Å². The third-order valence-corrected chi connectivity index (χ3v) is 7.60. The summed E-state index contributed by atoms with van der Waals surface area (Å²) in [7, 11) is 1.24. The Kier molecular flexibility index (Phi) is 13.0. The zero-order valence-electron chi connectivity index (χ0n) is 25.6. The van der Waals surface area contributed by atoms with Crippen LogP contribution in [0.2, 0.25) is 5.02 Å². The number of halogens is 3. The Morgan fingerprint density at radius 1 is 1.25 bits per heavy atom. The zero-order chi connectivity index (χ0) is 32.8. The van der Waals surface area contributed by atoms with Gasteiger partial charge in [0.15, 0.2) is 17.2 Å². The van der Waals surface area contributed by atoms with Crippen LogP contribution < -0.4 is 26.6 Å². The number of aromatic nitrogens is 6. The number of imidazole rings is 2. The number of hydrogen-bond acceptors (Lipinski definition) is 14. The number of hydrogen-bond donors (Lipinski definition) is 5. The number of nitrogens with one attached hydrogen (secondary N) is 4. The molecule has 3 atom stereocenters. The molecule has 3 aromatic heterocycles. The number of carbonyl (C=O) groups is 2. The zero-order valence-corrected chi connectivity index (χ0v) is 28.0. The number of fused-ring (bicyclic) bond motifs is 1. The predicted molar refractivity (Wildman–Crippen MR) is 180 cm³/mol. The number of alkyl carbamates (subject to hydrolysis) is 1. The van der Waals surface area contributed by atoms with E-state index >= 15 is 0 Å². The molecule has 1 amide bonds. The molecule has 5 rings (SSSR count). The lowest BCUT2D eigenvalue weighted by Crippen LogP contribution is -2.56. The molecule has 1 aromatic carbocycles. The third-order valence-electron chi connectivity index (χ3n) is 7.20. The summed E-state index contributed by atoms with van der Waals surface area (Å²) in [5.74, 6) is -0.178. The van der Waals surface area contributed by atoms with Crippen molar-refractivity contribution in [3.8, 4) is 12.1 Å². The van der Waals surface area contributed by atoms with Crippen molar-refractivity contribution in [3.05, 3.63) is 52.8 Å². The molecule has 0 bridgehead atoms. The highest BCUT2D eigenvalue weighted by Crippen LogP contribution is 2.37. The second-order valence-corrected chi connectivity index (χ2v) is 10.6. The molecule has 4 heterocycles. The highest BCUT2D eigenvalue weighted by atomic mass is 35.5. The van der Waals surface area contributed by atoms with E-state index in [0.29, 0.717) is 48.0 Å². The minimum Gasteiger partial charge on any atom is -0.457 e. The fourth-order valence-electron chi connectivity index (χ4n) is 5.00. The minimum absolute atomic E-state index is 0. The number of nitriles is 2. The van der Waals surface area contributed by atoms with Gasteiger partial charge < -0.3 is 41.0 Å². The van der Waals surface area contributed by atoms with E-state index in [4.69, 9.17) is 26.8 Å². The lowest BCUT2D eigenvalue weighted by atomic mass is 10.00. The van der Waals surface area contributed by atoms with Crippen LogP contribution in [-0.4, -0.2) is 86.5 Å². The van der Waals surface area contributed by atoms with Gasteiger partial charge in [-0.1, -0.05) is 11.6 Å². The number of H-pyrrole nitrogens is 1. The summed E-state index contributed by atoms with van der Waals surface area (Å²) in [6.07, 6.45) is 3.44. The van der Waals surface area contributed by atoms with E-state index in [2.05, 4.69) is 47.1 Å². The fraction of sp³-hybridized carbons (Fsp3) is 0.357. The van der Waals surface area contributed by atoms with Crippen molar-refractivity contribution in [2.24, 2.45) is 5.73 Å². The molecule has 1 aliphatic heterocycles. The molecule has 20 heteroatoms. The number of rotatable bonds is 10.